The second kappa shape index (κ2) is 9.19. The maximum atomic E-state index is 14.6. The highest BCUT2D eigenvalue weighted by atomic mass is 19.1. The zero-order chi connectivity index (χ0) is 25.6. The lowest BCUT2D eigenvalue weighted by atomic mass is 9.87. The third-order valence-corrected chi connectivity index (χ3v) is 7.76. The van der Waals surface area contributed by atoms with E-state index in [1.54, 1.807) is 6.07 Å². The first-order chi connectivity index (χ1) is 17.9. The summed E-state index contributed by atoms with van der Waals surface area (Å²) in [6.45, 7) is 4.53. The zero-order valence-electron chi connectivity index (χ0n) is 20.7. The Kier molecular flexibility index (Phi) is 5.83. The monoisotopic (exact) mass is 503 g/mol. The summed E-state index contributed by atoms with van der Waals surface area (Å²) < 4.78 is 14.6. The van der Waals surface area contributed by atoms with Crippen LogP contribution in [0.2, 0.25) is 0 Å². The van der Waals surface area contributed by atoms with Crippen molar-refractivity contribution in [3.63, 3.8) is 0 Å². The van der Waals surface area contributed by atoms with E-state index in [0.717, 1.165) is 68.6 Å². The van der Waals surface area contributed by atoms with Crippen molar-refractivity contribution in [1.82, 2.24) is 14.9 Å². The molecule has 9 nitrogen and oxygen atoms in total. The highest BCUT2D eigenvalue weighted by Gasteiger charge is 2.49. The molecule has 0 unspecified atom stereocenters. The van der Waals surface area contributed by atoms with E-state index in [2.05, 4.69) is 49.6 Å². The Morgan fingerprint density at radius 2 is 1.70 bits per heavy atom. The molecule has 1 amide bonds. The molecule has 0 atom stereocenters. The molecule has 1 spiro atoms. The van der Waals surface area contributed by atoms with Gasteiger partial charge in [0.15, 0.2) is 11.6 Å². The molecule has 0 bridgehead atoms. The molecule has 192 valence electrons. The van der Waals surface area contributed by atoms with Crippen LogP contribution >= 0.6 is 0 Å². The quantitative estimate of drug-likeness (QED) is 0.458. The van der Waals surface area contributed by atoms with Crippen molar-refractivity contribution in [2.45, 2.75) is 24.7 Å². The molecule has 3 N–H and O–H groups in total. The van der Waals surface area contributed by atoms with Crippen LogP contribution in [0, 0.1) is 5.82 Å². The molecule has 1 saturated carbocycles. The highest BCUT2D eigenvalue weighted by molar-refractivity contribution is 5.90. The van der Waals surface area contributed by atoms with Crippen molar-refractivity contribution in [1.29, 1.82) is 0 Å². The lowest BCUT2D eigenvalue weighted by Gasteiger charge is -2.34. The molecule has 3 heterocycles. The van der Waals surface area contributed by atoms with Crippen molar-refractivity contribution in [2.24, 2.45) is 0 Å². The maximum Gasteiger partial charge on any atom is 0.411 e. The summed E-state index contributed by atoms with van der Waals surface area (Å²) in [5, 5.41) is 15.8. The Morgan fingerprint density at radius 1 is 0.973 bits per heavy atom. The first-order valence-corrected chi connectivity index (χ1v) is 12.7. The normalized spacial score (nSPS) is 18.4. The molecule has 3 aliphatic rings. The number of carbonyl (C=O) groups is 1. The number of halogens is 1. The molecule has 1 saturated heterocycles. The van der Waals surface area contributed by atoms with Gasteiger partial charge < -0.3 is 25.5 Å². The number of hydrogen-bond donors (Lipinski definition) is 3. The SMILES string of the molecule is CN1CCN(c2ccc(Nc3ncc(F)c(Nc4ccc5c(c4)N(C(=O)O)CCC54CC4)n3)cc2)CC1. The van der Waals surface area contributed by atoms with E-state index < -0.39 is 11.9 Å². The largest absolute Gasteiger partial charge is 0.465 e. The van der Waals surface area contributed by atoms with Crippen LogP contribution in [0.25, 0.3) is 0 Å². The third-order valence-electron chi connectivity index (χ3n) is 7.76. The Hall–Kier alpha value is -3.92. The molecule has 2 fully saturated rings. The number of nitrogens with one attached hydrogen (secondary N) is 2. The van der Waals surface area contributed by atoms with Gasteiger partial charge in [0, 0.05) is 49.8 Å². The number of nitrogens with zero attached hydrogens (tertiary/aromatic N) is 5. The summed E-state index contributed by atoms with van der Waals surface area (Å²) in [7, 11) is 2.13. The molecule has 6 rings (SSSR count). The molecule has 2 aromatic carbocycles. The molecule has 10 heteroatoms. The van der Waals surface area contributed by atoms with Crippen LogP contribution in [0.1, 0.15) is 24.8 Å². The van der Waals surface area contributed by atoms with Gasteiger partial charge in [0.1, 0.15) is 0 Å². The predicted molar refractivity (Wildman–Crippen MR) is 142 cm³/mol. The van der Waals surface area contributed by atoms with E-state index in [1.807, 2.05) is 24.3 Å². The van der Waals surface area contributed by atoms with Crippen LogP contribution in [-0.2, 0) is 5.41 Å². The van der Waals surface area contributed by atoms with Gasteiger partial charge in [0.25, 0.3) is 0 Å². The van der Waals surface area contributed by atoms with Crippen molar-refractivity contribution >= 4 is 40.6 Å². The predicted octanol–water partition coefficient (Wildman–Crippen LogP) is 4.77. The number of anilines is 6. The molecule has 37 heavy (non-hydrogen) atoms. The highest BCUT2D eigenvalue weighted by Crippen LogP contribution is 2.56. The molecular formula is C27H30FN7O2. The first-order valence-electron chi connectivity index (χ1n) is 12.7. The van der Waals surface area contributed by atoms with E-state index in [9.17, 15) is 14.3 Å². The van der Waals surface area contributed by atoms with Crippen LogP contribution in [0.4, 0.5) is 43.7 Å². The number of carboxylic acid groups (broad SMARTS) is 1. The fraction of sp³-hybridized carbons (Fsp3) is 0.370. The topological polar surface area (TPSA) is 96.9 Å². The van der Waals surface area contributed by atoms with Crippen molar-refractivity contribution in [2.75, 3.05) is 60.2 Å². The summed E-state index contributed by atoms with van der Waals surface area (Å²) in [5.41, 5.74) is 4.35. The molecule has 1 aliphatic carbocycles. The number of fused-ring (bicyclic) bond motifs is 2. The van der Waals surface area contributed by atoms with Crippen molar-refractivity contribution in [3.8, 4) is 0 Å². The van der Waals surface area contributed by atoms with Gasteiger partial charge >= 0.3 is 6.09 Å². The number of amides is 1. The van der Waals surface area contributed by atoms with Gasteiger partial charge in [-0.15, -0.1) is 0 Å². The summed E-state index contributed by atoms with van der Waals surface area (Å²) in [4.78, 5) is 26.3. The summed E-state index contributed by atoms with van der Waals surface area (Å²) in [6, 6.07) is 13.6. The van der Waals surface area contributed by atoms with Gasteiger partial charge in [-0.25, -0.2) is 14.2 Å². The van der Waals surface area contributed by atoms with Crippen LogP contribution < -0.4 is 20.4 Å². The average Bonchev–Trinajstić information content (AvgIpc) is 3.67. The number of aromatic nitrogens is 2. The molecule has 0 radical (unpaired) electrons. The number of benzene rings is 2. The second-order valence-electron chi connectivity index (χ2n) is 10.2. The number of rotatable bonds is 5. The Labute approximate surface area is 214 Å². The Bertz CT molecular complexity index is 1320. The third kappa shape index (κ3) is 4.64. The van der Waals surface area contributed by atoms with Crippen LogP contribution in [0.3, 0.4) is 0 Å². The minimum absolute atomic E-state index is 0.0188. The van der Waals surface area contributed by atoms with E-state index >= 15 is 0 Å². The fourth-order valence-corrected chi connectivity index (χ4v) is 5.33. The maximum absolute atomic E-state index is 14.6. The molecule has 3 aromatic rings. The minimum Gasteiger partial charge on any atom is -0.465 e. The van der Waals surface area contributed by atoms with Gasteiger partial charge in [-0.05, 0) is 73.7 Å². The van der Waals surface area contributed by atoms with E-state index in [4.69, 9.17) is 0 Å². The van der Waals surface area contributed by atoms with Gasteiger partial charge in [0.2, 0.25) is 5.95 Å². The van der Waals surface area contributed by atoms with Gasteiger partial charge in [-0.3, -0.25) is 4.90 Å². The lowest BCUT2D eigenvalue weighted by molar-refractivity contribution is 0.200. The molecular weight excluding hydrogens is 473 g/mol. The summed E-state index contributed by atoms with van der Waals surface area (Å²) in [6.07, 6.45) is 3.13. The number of piperazine rings is 1. The average molecular weight is 504 g/mol. The van der Waals surface area contributed by atoms with Crippen LogP contribution in [-0.4, -0.2) is 65.8 Å². The van der Waals surface area contributed by atoms with Crippen molar-refractivity contribution in [3.05, 3.63) is 60.0 Å². The van der Waals surface area contributed by atoms with Gasteiger partial charge in [0.05, 0.1) is 11.9 Å². The molecule has 2 aliphatic heterocycles. The van der Waals surface area contributed by atoms with E-state index in [-0.39, 0.29) is 17.2 Å². The minimum atomic E-state index is -0.979. The summed E-state index contributed by atoms with van der Waals surface area (Å²) in [5.74, 6) is -0.314. The zero-order valence-corrected chi connectivity index (χ0v) is 20.7. The Balaban J connectivity index is 1.19. The van der Waals surface area contributed by atoms with Crippen LogP contribution in [0.5, 0.6) is 0 Å². The van der Waals surface area contributed by atoms with Crippen LogP contribution in [0.15, 0.2) is 48.7 Å². The second-order valence-corrected chi connectivity index (χ2v) is 10.2. The van der Waals surface area contributed by atoms with Crippen molar-refractivity contribution < 1.29 is 14.3 Å². The van der Waals surface area contributed by atoms with E-state index in [0.29, 0.717) is 17.9 Å². The van der Waals surface area contributed by atoms with Gasteiger partial charge in [-0.2, -0.15) is 4.98 Å². The Morgan fingerprint density at radius 3 is 2.41 bits per heavy atom. The summed E-state index contributed by atoms with van der Waals surface area (Å²) >= 11 is 0. The van der Waals surface area contributed by atoms with E-state index in [1.165, 1.54) is 4.90 Å². The lowest BCUT2D eigenvalue weighted by Crippen LogP contribution is -2.44. The smallest absolute Gasteiger partial charge is 0.411 e. The van der Waals surface area contributed by atoms with Gasteiger partial charge in [-0.1, -0.05) is 6.07 Å². The number of likely N-dealkylation sites (N-methyl/N-ethyl adjacent to an activating group) is 1. The molecule has 1 aromatic heterocycles. The number of hydrogen-bond acceptors (Lipinski definition) is 7. The standard InChI is InChI=1S/C27H30FN7O2/c1-33-12-14-34(15-13-33)20-5-2-18(3-6-20)31-25-29-17-22(28)24(32-25)30-19-4-7-21-23(16-19)35(26(36)37)11-10-27(21)8-9-27/h2-7,16-17H,8-15H2,1H3,(H,36,37)(H2,29,30,31,32). The fourth-order valence-electron chi connectivity index (χ4n) is 5.33. The first kappa shape index (κ1) is 23.5.